The lowest BCUT2D eigenvalue weighted by atomic mass is 9.90. The monoisotopic (exact) mass is 511 g/mol. The van der Waals surface area contributed by atoms with Crippen molar-refractivity contribution in [3.05, 3.63) is 53.2 Å². The molecule has 0 saturated carbocycles. The number of amides is 1. The zero-order chi connectivity index (χ0) is 25.8. The average Bonchev–Trinajstić information content (AvgIpc) is 2.93. The van der Waals surface area contributed by atoms with Crippen molar-refractivity contribution in [3.63, 3.8) is 0 Å². The molecule has 5 rings (SSSR count). The van der Waals surface area contributed by atoms with Crippen LogP contribution < -0.4 is 10.2 Å². The van der Waals surface area contributed by atoms with Crippen LogP contribution in [0.1, 0.15) is 59.6 Å². The van der Waals surface area contributed by atoms with Gasteiger partial charge in [0.05, 0.1) is 12.7 Å². The molecular weight excluding hydrogens is 473 g/mol. The average molecular weight is 512 g/mol. The van der Waals surface area contributed by atoms with Gasteiger partial charge in [0.2, 0.25) is 0 Å². The molecule has 3 atom stereocenters. The lowest BCUT2D eigenvalue weighted by molar-refractivity contribution is -0.0533. The van der Waals surface area contributed by atoms with Crippen LogP contribution in [0.25, 0.3) is 0 Å². The number of rotatable bonds is 6. The van der Waals surface area contributed by atoms with E-state index < -0.39 is 0 Å². The third-order valence-electron chi connectivity index (χ3n) is 8.14. The minimum absolute atomic E-state index is 0.0286. The molecule has 1 amide bonds. The van der Waals surface area contributed by atoms with E-state index in [-0.39, 0.29) is 23.7 Å². The highest BCUT2D eigenvalue weighted by atomic mass is 19.1. The molecule has 37 heavy (non-hydrogen) atoms. The Bertz CT molecular complexity index is 1080. The molecule has 3 aliphatic heterocycles. The largest absolute Gasteiger partial charge is 0.379 e. The second kappa shape index (κ2) is 11.8. The molecule has 1 N–H and O–H groups in total. The van der Waals surface area contributed by atoms with Gasteiger partial charge in [-0.05, 0) is 56.7 Å². The molecule has 0 radical (unpaired) electrons. The molecule has 1 aromatic carbocycles. The van der Waals surface area contributed by atoms with Crippen molar-refractivity contribution in [1.29, 1.82) is 0 Å². The summed E-state index contributed by atoms with van der Waals surface area (Å²) in [6.45, 7) is 6.33. The van der Waals surface area contributed by atoms with Gasteiger partial charge in [0.1, 0.15) is 23.7 Å². The predicted octanol–water partition coefficient (Wildman–Crippen LogP) is 3.31. The van der Waals surface area contributed by atoms with Crippen molar-refractivity contribution in [2.24, 2.45) is 0 Å². The maximum atomic E-state index is 13.8. The number of halogens is 1. The van der Waals surface area contributed by atoms with E-state index in [4.69, 9.17) is 9.47 Å². The number of hydrogen-bond acceptors (Lipinski definition) is 7. The summed E-state index contributed by atoms with van der Waals surface area (Å²) in [5.74, 6) is 0.809. The van der Waals surface area contributed by atoms with Crippen molar-refractivity contribution >= 4 is 11.7 Å². The molecule has 9 heteroatoms. The number of benzene rings is 1. The summed E-state index contributed by atoms with van der Waals surface area (Å²) < 4.78 is 24.9. The van der Waals surface area contributed by atoms with Crippen molar-refractivity contribution in [1.82, 2.24) is 20.2 Å². The van der Waals surface area contributed by atoms with Gasteiger partial charge in [0, 0.05) is 63.5 Å². The summed E-state index contributed by atoms with van der Waals surface area (Å²) in [5, 5.41) is 3.74. The Hall–Kier alpha value is -2.62. The molecule has 8 nitrogen and oxygen atoms in total. The van der Waals surface area contributed by atoms with Crippen LogP contribution in [0.5, 0.6) is 0 Å². The molecule has 1 aromatic heterocycles. The highest BCUT2D eigenvalue weighted by Crippen LogP contribution is 2.31. The molecule has 0 aliphatic carbocycles. The van der Waals surface area contributed by atoms with Crippen LogP contribution in [-0.2, 0) is 9.47 Å². The fraction of sp³-hybridized carbons (Fsp3) is 0.607. The topological polar surface area (TPSA) is 79.8 Å². The van der Waals surface area contributed by atoms with E-state index in [0.717, 1.165) is 68.7 Å². The Morgan fingerprint density at radius 2 is 2.00 bits per heavy atom. The van der Waals surface area contributed by atoms with Crippen molar-refractivity contribution in [2.45, 2.75) is 63.1 Å². The van der Waals surface area contributed by atoms with Gasteiger partial charge in [0.25, 0.3) is 5.91 Å². The highest BCUT2D eigenvalue weighted by molar-refractivity contribution is 5.94. The van der Waals surface area contributed by atoms with Crippen LogP contribution in [0.4, 0.5) is 10.2 Å². The first kappa shape index (κ1) is 26.0. The molecule has 3 fully saturated rings. The molecule has 0 spiro atoms. The number of carbonyl (C=O) groups is 1. The van der Waals surface area contributed by atoms with Gasteiger partial charge in [-0.3, -0.25) is 4.79 Å². The van der Waals surface area contributed by atoms with E-state index in [2.05, 4.69) is 20.2 Å². The van der Waals surface area contributed by atoms with Crippen LogP contribution in [0.3, 0.4) is 0 Å². The molecule has 2 aromatic rings. The minimum Gasteiger partial charge on any atom is -0.379 e. The number of nitrogens with one attached hydrogen (secondary N) is 1. The Morgan fingerprint density at radius 1 is 1.16 bits per heavy atom. The number of methoxy groups -OCH3 is 1. The fourth-order valence-corrected chi connectivity index (χ4v) is 6.01. The first-order chi connectivity index (χ1) is 18.0. The Labute approximate surface area is 218 Å². The van der Waals surface area contributed by atoms with Gasteiger partial charge in [-0.1, -0.05) is 12.1 Å². The molecule has 3 unspecified atom stereocenters. The SMILES string of the molecule is COC1COCCC1NC1CCN(C(=O)c2ncnc(N3CCCC(c4cccc(F)c4)C3)c2C)CC1. The first-order valence-electron chi connectivity index (χ1n) is 13.5. The molecule has 3 saturated heterocycles. The zero-order valence-corrected chi connectivity index (χ0v) is 21.9. The minimum atomic E-state index is -0.203. The molecule has 200 valence electrons. The van der Waals surface area contributed by atoms with Crippen LogP contribution >= 0.6 is 0 Å². The predicted molar refractivity (Wildman–Crippen MR) is 139 cm³/mol. The van der Waals surface area contributed by atoms with E-state index in [1.165, 1.54) is 12.4 Å². The van der Waals surface area contributed by atoms with Gasteiger partial charge >= 0.3 is 0 Å². The molecule has 3 aliphatic rings. The van der Waals surface area contributed by atoms with Crippen molar-refractivity contribution in [2.75, 3.05) is 51.4 Å². The number of ether oxygens (including phenoxy) is 2. The second-order valence-corrected chi connectivity index (χ2v) is 10.5. The van der Waals surface area contributed by atoms with Crippen LogP contribution in [0, 0.1) is 12.7 Å². The smallest absolute Gasteiger partial charge is 0.272 e. The van der Waals surface area contributed by atoms with Gasteiger partial charge in [-0.2, -0.15) is 0 Å². The van der Waals surface area contributed by atoms with Crippen LogP contribution in [-0.4, -0.2) is 85.5 Å². The number of anilines is 1. The molecule has 0 bridgehead atoms. The van der Waals surface area contributed by atoms with Crippen LogP contribution in [0.15, 0.2) is 30.6 Å². The van der Waals surface area contributed by atoms with Crippen molar-refractivity contribution < 1.29 is 18.7 Å². The number of piperidine rings is 2. The Kier molecular flexibility index (Phi) is 8.32. The summed E-state index contributed by atoms with van der Waals surface area (Å²) in [5.41, 5.74) is 2.31. The van der Waals surface area contributed by atoms with Gasteiger partial charge in [-0.15, -0.1) is 0 Å². The summed E-state index contributed by atoms with van der Waals surface area (Å²) in [6, 6.07) is 7.53. The summed E-state index contributed by atoms with van der Waals surface area (Å²) >= 11 is 0. The van der Waals surface area contributed by atoms with E-state index in [1.54, 1.807) is 19.2 Å². The maximum absolute atomic E-state index is 13.8. The van der Waals surface area contributed by atoms with E-state index in [9.17, 15) is 9.18 Å². The third kappa shape index (κ3) is 5.94. The van der Waals surface area contributed by atoms with E-state index in [0.29, 0.717) is 37.5 Å². The van der Waals surface area contributed by atoms with Gasteiger partial charge in [-0.25, -0.2) is 14.4 Å². The van der Waals surface area contributed by atoms with Crippen molar-refractivity contribution in [3.8, 4) is 0 Å². The Balaban J connectivity index is 1.22. The number of aromatic nitrogens is 2. The van der Waals surface area contributed by atoms with E-state index >= 15 is 0 Å². The maximum Gasteiger partial charge on any atom is 0.272 e. The highest BCUT2D eigenvalue weighted by Gasteiger charge is 2.32. The number of nitrogens with zero attached hydrogens (tertiary/aromatic N) is 4. The van der Waals surface area contributed by atoms with Crippen LogP contribution in [0.2, 0.25) is 0 Å². The Morgan fingerprint density at radius 3 is 2.78 bits per heavy atom. The normalized spacial score (nSPS) is 25.3. The number of likely N-dealkylation sites (tertiary alicyclic amines) is 1. The van der Waals surface area contributed by atoms with Gasteiger partial charge in [0.15, 0.2) is 0 Å². The first-order valence-corrected chi connectivity index (χ1v) is 13.5. The quantitative estimate of drug-likeness (QED) is 0.638. The zero-order valence-electron chi connectivity index (χ0n) is 21.9. The number of carbonyl (C=O) groups excluding carboxylic acids is 1. The van der Waals surface area contributed by atoms with E-state index in [1.807, 2.05) is 17.9 Å². The third-order valence-corrected chi connectivity index (χ3v) is 8.14. The standard InChI is InChI=1S/C28H38FN5O3/c1-19-26(28(35)33-12-8-23(9-13-33)32-24-10-14-37-17-25(24)36-2)30-18-31-27(19)34-11-4-6-21(16-34)20-5-3-7-22(29)15-20/h3,5,7,15,18,21,23-25,32H,4,6,8-14,16-17H2,1-2H3. The molecule has 4 heterocycles. The lowest BCUT2D eigenvalue weighted by Crippen LogP contribution is -2.54. The summed E-state index contributed by atoms with van der Waals surface area (Å²) in [7, 11) is 1.74. The fourth-order valence-electron chi connectivity index (χ4n) is 6.01. The lowest BCUT2D eigenvalue weighted by Gasteiger charge is -2.38. The summed E-state index contributed by atoms with van der Waals surface area (Å²) in [4.78, 5) is 26.6. The number of hydrogen-bond donors (Lipinski definition) is 1. The van der Waals surface area contributed by atoms with Gasteiger partial charge < -0.3 is 24.6 Å². The molecular formula is C28H38FN5O3. The second-order valence-electron chi connectivity index (χ2n) is 10.5. The summed E-state index contributed by atoms with van der Waals surface area (Å²) in [6.07, 6.45) is 6.33.